The van der Waals surface area contributed by atoms with E-state index in [1.165, 1.54) is 23.9 Å². The quantitative estimate of drug-likeness (QED) is 0.430. The average Bonchev–Trinajstić information content (AvgIpc) is 3.44. The number of benzene rings is 1. The van der Waals surface area contributed by atoms with Crippen molar-refractivity contribution in [3.63, 3.8) is 0 Å². The third-order valence-corrected chi connectivity index (χ3v) is 6.99. The molecule has 1 saturated carbocycles. The summed E-state index contributed by atoms with van der Waals surface area (Å²) >= 11 is 0. The van der Waals surface area contributed by atoms with Gasteiger partial charge in [-0.15, -0.1) is 0 Å². The van der Waals surface area contributed by atoms with Crippen molar-refractivity contribution in [3.8, 4) is 0 Å². The van der Waals surface area contributed by atoms with Crippen molar-refractivity contribution in [1.82, 2.24) is 19.3 Å². The third-order valence-electron chi connectivity index (χ3n) is 6.46. The molecule has 4 N–H and O–H groups in total. The molecule has 0 amide bonds. The van der Waals surface area contributed by atoms with Crippen molar-refractivity contribution in [2.24, 2.45) is 5.92 Å². The van der Waals surface area contributed by atoms with E-state index in [2.05, 4.69) is 38.2 Å². The van der Waals surface area contributed by atoms with E-state index in [4.69, 9.17) is 4.55 Å². The summed E-state index contributed by atoms with van der Waals surface area (Å²) in [5.41, 5.74) is 4.58. The first kappa shape index (κ1) is 20.4. The van der Waals surface area contributed by atoms with Crippen LogP contribution in [0.4, 0.5) is 11.5 Å². The van der Waals surface area contributed by atoms with Gasteiger partial charge in [-0.25, -0.2) is 9.97 Å². The molecule has 3 aromatic rings. The highest BCUT2D eigenvalue weighted by Crippen LogP contribution is 2.38. The van der Waals surface area contributed by atoms with Crippen LogP contribution in [0.3, 0.4) is 0 Å². The molecular formula is C21H25N5O4S. The van der Waals surface area contributed by atoms with Crippen LogP contribution in [0.15, 0.2) is 36.8 Å². The molecule has 10 heteroatoms. The zero-order valence-electron chi connectivity index (χ0n) is 16.9. The van der Waals surface area contributed by atoms with Crippen molar-refractivity contribution >= 4 is 32.8 Å². The number of nitrogens with one attached hydrogen (secondary N) is 2. The molecule has 2 aliphatic carbocycles. The van der Waals surface area contributed by atoms with Crippen LogP contribution in [0, 0.1) is 5.92 Å². The SMILES string of the molecule is O=S(=O)(O)NC[C@@H]1C[C@@H](n2ccc3c(Nc4cccc5c4CCC5)ncnc32)C[C@@H]1O. The normalized spacial score (nSPS) is 23.4. The lowest BCUT2D eigenvalue weighted by molar-refractivity contribution is 0.133. The highest BCUT2D eigenvalue weighted by Gasteiger charge is 2.35. The standard InChI is InChI=1S/C21H25N5O4S/c27-19-10-15(9-14(19)11-24-31(28,29)30)26-8-7-17-20(22-12-23-21(17)26)25-18-6-2-4-13-3-1-5-16(13)18/h2,4,6-8,12,14-15,19,24,27H,1,3,5,9-11H2,(H,22,23,25)(H,28,29,30)/t14-,15+,19-/m0/s1. The van der Waals surface area contributed by atoms with Crippen LogP contribution in [0.1, 0.15) is 36.4 Å². The first-order chi connectivity index (χ1) is 14.9. The number of fused-ring (bicyclic) bond motifs is 2. The van der Waals surface area contributed by atoms with Gasteiger partial charge in [0.1, 0.15) is 17.8 Å². The summed E-state index contributed by atoms with van der Waals surface area (Å²) in [6.07, 6.45) is 7.21. The van der Waals surface area contributed by atoms with Gasteiger partial charge in [-0.1, -0.05) is 12.1 Å². The second-order valence-electron chi connectivity index (χ2n) is 8.38. The number of aliphatic hydroxyl groups excluding tert-OH is 1. The number of aromatic nitrogens is 3. The molecule has 31 heavy (non-hydrogen) atoms. The van der Waals surface area contributed by atoms with Crippen molar-refractivity contribution < 1.29 is 18.1 Å². The number of aryl methyl sites for hydroxylation is 1. The topological polar surface area (TPSA) is 129 Å². The summed E-state index contributed by atoms with van der Waals surface area (Å²) in [5, 5.41) is 14.8. The van der Waals surface area contributed by atoms with Crippen molar-refractivity contribution in [3.05, 3.63) is 47.9 Å². The summed E-state index contributed by atoms with van der Waals surface area (Å²) in [5.74, 6) is 0.461. The highest BCUT2D eigenvalue weighted by atomic mass is 32.2. The van der Waals surface area contributed by atoms with Crippen LogP contribution >= 0.6 is 0 Å². The van der Waals surface area contributed by atoms with Gasteiger partial charge in [-0.2, -0.15) is 13.1 Å². The zero-order chi connectivity index (χ0) is 21.6. The van der Waals surface area contributed by atoms with Crippen LogP contribution in [-0.4, -0.2) is 45.3 Å². The van der Waals surface area contributed by atoms with Gasteiger partial charge in [0.05, 0.1) is 11.5 Å². The van der Waals surface area contributed by atoms with Gasteiger partial charge in [-0.3, -0.25) is 4.55 Å². The smallest absolute Gasteiger partial charge is 0.333 e. The van der Waals surface area contributed by atoms with Gasteiger partial charge in [0.25, 0.3) is 0 Å². The minimum Gasteiger partial charge on any atom is -0.393 e. The van der Waals surface area contributed by atoms with E-state index in [0.717, 1.165) is 35.4 Å². The summed E-state index contributed by atoms with van der Waals surface area (Å²) in [7, 11) is -4.28. The van der Waals surface area contributed by atoms with Crippen molar-refractivity contribution in [1.29, 1.82) is 0 Å². The first-order valence-corrected chi connectivity index (χ1v) is 11.9. The summed E-state index contributed by atoms with van der Waals surface area (Å²) in [4.78, 5) is 8.94. The van der Waals surface area contributed by atoms with E-state index in [1.807, 2.05) is 16.8 Å². The monoisotopic (exact) mass is 443 g/mol. The van der Waals surface area contributed by atoms with Crippen LogP contribution in [0.2, 0.25) is 0 Å². The van der Waals surface area contributed by atoms with Crippen LogP contribution < -0.4 is 10.0 Å². The molecule has 9 nitrogen and oxygen atoms in total. The highest BCUT2D eigenvalue weighted by molar-refractivity contribution is 7.83. The molecule has 1 aromatic carbocycles. The Bertz CT molecular complexity index is 1230. The van der Waals surface area contributed by atoms with Crippen LogP contribution in [0.5, 0.6) is 0 Å². The maximum Gasteiger partial charge on any atom is 0.333 e. The Morgan fingerprint density at radius 2 is 2.03 bits per heavy atom. The average molecular weight is 444 g/mol. The summed E-state index contributed by atoms with van der Waals surface area (Å²) in [6, 6.07) is 8.27. The van der Waals surface area contributed by atoms with E-state index in [1.54, 1.807) is 0 Å². The Morgan fingerprint density at radius 1 is 1.16 bits per heavy atom. The molecule has 3 atom stereocenters. The molecule has 2 aromatic heterocycles. The van der Waals surface area contributed by atoms with Gasteiger partial charge in [-0.05, 0) is 55.4 Å². The predicted octanol–water partition coefficient (Wildman–Crippen LogP) is 2.37. The number of rotatable bonds is 6. The van der Waals surface area contributed by atoms with E-state index < -0.39 is 16.4 Å². The molecule has 2 heterocycles. The Kier molecular flexibility index (Phi) is 5.17. The van der Waals surface area contributed by atoms with E-state index in [0.29, 0.717) is 12.8 Å². The lowest BCUT2D eigenvalue weighted by atomic mass is 10.1. The van der Waals surface area contributed by atoms with Gasteiger partial charge in [0.2, 0.25) is 0 Å². The number of hydrogen-bond donors (Lipinski definition) is 4. The van der Waals surface area contributed by atoms with E-state index >= 15 is 0 Å². The van der Waals surface area contributed by atoms with E-state index in [9.17, 15) is 13.5 Å². The van der Waals surface area contributed by atoms with Crippen LogP contribution in [0.25, 0.3) is 11.0 Å². The molecule has 0 saturated heterocycles. The molecule has 0 spiro atoms. The predicted molar refractivity (Wildman–Crippen MR) is 117 cm³/mol. The van der Waals surface area contributed by atoms with Crippen molar-refractivity contribution in [2.45, 2.75) is 44.2 Å². The van der Waals surface area contributed by atoms with E-state index in [-0.39, 0.29) is 18.5 Å². The maximum atomic E-state index is 11.0. The fraction of sp³-hybridized carbons (Fsp3) is 0.429. The molecule has 0 radical (unpaired) electrons. The van der Waals surface area contributed by atoms with Crippen molar-refractivity contribution in [2.75, 3.05) is 11.9 Å². The fourth-order valence-electron chi connectivity index (χ4n) is 4.96. The maximum absolute atomic E-state index is 11.0. The Labute approximate surface area is 180 Å². The van der Waals surface area contributed by atoms with Crippen LogP contribution in [-0.2, 0) is 23.1 Å². The van der Waals surface area contributed by atoms with Gasteiger partial charge < -0.3 is 15.0 Å². The number of hydrogen-bond acceptors (Lipinski definition) is 6. The minimum absolute atomic E-state index is 0.00336. The zero-order valence-corrected chi connectivity index (χ0v) is 17.7. The molecule has 164 valence electrons. The number of anilines is 2. The molecule has 0 unspecified atom stereocenters. The summed E-state index contributed by atoms with van der Waals surface area (Å²) < 4.78 is 35.0. The number of nitrogens with zero attached hydrogens (tertiary/aromatic N) is 3. The van der Waals surface area contributed by atoms with Gasteiger partial charge in [0.15, 0.2) is 0 Å². The molecule has 2 aliphatic rings. The fourth-order valence-corrected chi connectivity index (χ4v) is 5.39. The molecule has 1 fully saturated rings. The Morgan fingerprint density at radius 3 is 2.87 bits per heavy atom. The Hall–Kier alpha value is -2.53. The first-order valence-electron chi connectivity index (χ1n) is 10.5. The third kappa shape index (κ3) is 4.03. The second-order valence-corrected chi connectivity index (χ2v) is 9.62. The largest absolute Gasteiger partial charge is 0.393 e. The molecule has 0 bridgehead atoms. The molecule has 5 rings (SSSR count). The second kappa shape index (κ2) is 7.86. The lowest BCUT2D eigenvalue weighted by Gasteiger charge is -2.15. The van der Waals surface area contributed by atoms with Gasteiger partial charge in [0, 0.05) is 30.4 Å². The molecular weight excluding hydrogens is 418 g/mol. The van der Waals surface area contributed by atoms with Gasteiger partial charge >= 0.3 is 10.3 Å². The Balaban J connectivity index is 1.40. The number of aliphatic hydroxyl groups is 1. The molecule has 0 aliphatic heterocycles. The minimum atomic E-state index is -4.28. The lowest BCUT2D eigenvalue weighted by Crippen LogP contribution is -2.31. The summed E-state index contributed by atoms with van der Waals surface area (Å²) in [6.45, 7) is -0.00336.